The average molecular weight is 276 g/mol. The number of hydrogen-bond acceptors (Lipinski definition) is 4. The molecule has 1 aliphatic heterocycles. The zero-order chi connectivity index (χ0) is 13.9. The highest BCUT2D eigenvalue weighted by Crippen LogP contribution is 2.28. The topological polar surface area (TPSA) is 43.4 Å². The highest BCUT2D eigenvalue weighted by Gasteiger charge is 2.32. The summed E-state index contributed by atoms with van der Waals surface area (Å²) in [5.41, 5.74) is -0.957. The van der Waals surface area contributed by atoms with E-state index in [2.05, 4.69) is 10.3 Å². The summed E-state index contributed by atoms with van der Waals surface area (Å²) in [4.78, 5) is 3.42. The number of halogens is 3. The number of nitrogens with one attached hydrogen (secondary N) is 1. The van der Waals surface area contributed by atoms with Gasteiger partial charge in [-0.1, -0.05) is 6.07 Å². The number of pyridine rings is 1. The normalized spacial score (nSPS) is 24.2. The third kappa shape index (κ3) is 4.07. The van der Waals surface area contributed by atoms with Crippen LogP contribution in [0.5, 0.6) is 5.88 Å². The quantitative estimate of drug-likeness (QED) is 0.915. The zero-order valence-electron chi connectivity index (χ0n) is 10.4. The van der Waals surface area contributed by atoms with Gasteiger partial charge in [0.15, 0.2) is 0 Å². The Bertz CT molecular complexity index is 426. The number of morpholine rings is 1. The zero-order valence-corrected chi connectivity index (χ0v) is 10.4. The van der Waals surface area contributed by atoms with Gasteiger partial charge >= 0.3 is 6.18 Å². The van der Waals surface area contributed by atoms with E-state index in [1.807, 2.05) is 6.92 Å². The standard InChI is InChI=1S/C12H15F3N2O2/c1-8-5-16-6-9(19-8)7-18-11-4-2-3-10(17-11)12(13,14)15/h2-4,8-9,16H,5-7H2,1H3. The van der Waals surface area contributed by atoms with Gasteiger partial charge in [-0.15, -0.1) is 0 Å². The number of ether oxygens (including phenoxy) is 2. The van der Waals surface area contributed by atoms with Crippen LogP contribution in [-0.2, 0) is 10.9 Å². The van der Waals surface area contributed by atoms with E-state index in [1.54, 1.807) is 0 Å². The van der Waals surface area contributed by atoms with Crippen molar-refractivity contribution in [2.24, 2.45) is 0 Å². The molecule has 2 heterocycles. The molecule has 1 aromatic heterocycles. The highest BCUT2D eigenvalue weighted by molar-refractivity contribution is 5.17. The van der Waals surface area contributed by atoms with Crippen LogP contribution in [0.1, 0.15) is 12.6 Å². The molecule has 0 aromatic carbocycles. The van der Waals surface area contributed by atoms with Gasteiger partial charge in [-0.3, -0.25) is 0 Å². The molecule has 19 heavy (non-hydrogen) atoms. The maximum absolute atomic E-state index is 12.5. The number of alkyl halides is 3. The fraction of sp³-hybridized carbons (Fsp3) is 0.583. The van der Waals surface area contributed by atoms with E-state index in [9.17, 15) is 13.2 Å². The minimum Gasteiger partial charge on any atom is -0.475 e. The van der Waals surface area contributed by atoms with Crippen molar-refractivity contribution in [3.8, 4) is 5.88 Å². The first-order chi connectivity index (χ1) is 8.95. The summed E-state index contributed by atoms with van der Waals surface area (Å²) in [5, 5.41) is 3.15. The van der Waals surface area contributed by atoms with Crippen LogP contribution >= 0.6 is 0 Å². The Balaban J connectivity index is 1.92. The molecule has 0 aliphatic carbocycles. The van der Waals surface area contributed by atoms with Gasteiger partial charge in [-0.2, -0.15) is 13.2 Å². The van der Waals surface area contributed by atoms with Crippen molar-refractivity contribution in [3.63, 3.8) is 0 Å². The number of hydrogen-bond donors (Lipinski definition) is 1. The van der Waals surface area contributed by atoms with Crippen LogP contribution in [-0.4, -0.2) is 36.9 Å². The van der Waals surface area contributed by atoms with Crippen molar-refractivity contribution in [1.82, 2.24) is 10.3 Å². The molecule has 0 saturated carbocycles. The Morgan fingerprint density at radius 3 is 2.89 bits per heavy atom. The lowest BCUT2D eigenvalue weighted by molar-refractivity contribution is -0.141. The summed E-state index contributed by atoms with van der Waals surface area (Å²) < 4.78 is 48.2. The maximum Gasteiger partial charge on any atom is 0.433 e. The van der Waals surface area contributed by atoms with Gasteiger partial charge in [0.1, 0.15) is 18.4 Å². The van der Waals surface area contributed by atoms with Crippen LogP contribution in [0.15, 0.2) is 18.2 Å². The van der Waals surface area contributed by atoms with E-state index < -0.39 is 11.9 Å². The monoisotopic (exact) mass is 276 g/mol. The van der Waals surface area contributed by atoms with Gasteiger partial charge in [0.2, 0.25) is 5.88 Å². The Labute approximate surface area is 108 Å². The molecule has 106 valence electrons. The second-order valence-electron chi connectivity index (χ2n) is 4.40. The predicted molar refractivity (Wildman–Crippen MR) is 61.9 cm³/mol. The van der Waals surface area contributed by atoms with E-state index in [-0.39, 0.29) is 24.7 Å². The fourth-order valence-electron chi connectivity index (χ4n) is 1.80. The summed E-state index contributed by atoms with van der Waals surface area (Å²) >= 11 is 0. The molecule has 2 rings (SSSR count). The van der Waals surface area contributed by atoms with Gasteiger partial charge in [0, 0.05) is 19.2 Å². The highest BCUT2D eigenvalue weighted by atomic mass is 19.4. The number of nitrogens with zero attached hydrogens (tertiary/aromatic N) is 1. The molecule has 0 bridgehead atoms. The van der Waals surface area contributed by atoms with Crippen molar-refractivity contribution >= 4 is 0 Å². The third-order valence-corrected chi connectivity index (χ3v) is 2.66. The van der Waals surface area contributed by atoms with E-state index in [0.29, 0.717) is 6.54 Å². The lowest BCUT2D eigenvalue weighted by Crippen LogP contribution is -2.45. The molecule has 1 N–H and O–H groups in total. The van der Waals surface area contributed by atoms with Crippen molar-refractivity contribution in [2.45, 2.75) is 25.3 Å². The third-order valence-electron chi connectivity index (χ3n) is 2.66. The summed E-state index contributed by atoms with van der Waals surface area (Å²) in [6.07, 6.45) is -4.58. The van der Waals surface area contributed by atoms with Crippen LogP contribution in [0.2, 0.25) is 0 Å². The lowest BCUT2D eigenvalue weighted by atomic mass is 10.2. The molecule has 0 spiro atoms. The summed E-state index contributed by atoms with van der Waals surface area (Å²) in [5.74, 6) is -0.0448. The second kappa shape index (κ2) is 5.75. The van der Waals surface area contributed by atoms with Crippen LogP contribution < -0.4 is 10.1 Å². The molecule has 4 nitrogen and oxygen atoms in total. The van der Waals surface area contributed by atoms with Gasteiger partial charge in [0.25, 0.3) is 0 Å². The van der Waals surface area contributed by atoms with E-state index in [4.69, 9.17) is 9.47 Å². The summed E-state index contributed by atoms with van der Waals surface area (Å²) in [7, 11) is 0. The van der Waals surface area contributed by atoms with Gasteiger partial charge in [-0.25, -0.2) is 4.98 Å². The van der Waals surface area contributed by atoms with Crippen molar-refractivity contribution < 1.29 is 22.6 Å². The fourth-order valence-corrected chi connectivity index (χ4v) is 1.80. The first kappa shape index (κ1) is 14.1. The first-order valence-electron chi connectivity index (χ1n) is 5.98. The van der Waals surface area contributed by atoms with Crippen molar-refractivity contribution in [3.05, 3.63) is 23.9 Å². The average Bonchev–Trinajstić information content (AvgIpc) is 2.36. The minimum absolute atomic E-state index is 0.0448. The molecule has 2 unspecified atom stereocenters. The molecule has 1 saturated heterocycles. The molecule has 7 heteroatoms. The SMILES string of the molecule is CC1CNCC(COc2cccc(C(F)(F)F)n2)O1. The van der Waals surface area contributed by atoms with Crippen molar-refractivity contribution in [1.29, 1.82) is 0 Å². The molecular formula is C12H15F3N2O2. The van der Waals surface area contributed by atoms with Crippen LogP contribution in [0, 0.1) is 0 Å². The molecule has 1 fully saturated rings. The van der Waals surface area contributed by atoms with Crippen LogP contribution in [0.25, 0.3) is 0 Å². The molecule has 1 aliphatic rings. The first-order valence-corrected chi connectivity index (χ1v) is 5.98. The molecular weight excluding hydrogens is 261 g/mol. The Kier molecular flexibility index (Phi) is 4.26. The largest absolute Gasteiger partial charge is 0.475 e. The molecule has 2 atom stereocenters. The minimum atomic E-state index is -4.46. The number of aromatic nitrogens is 1. The van der Waals surface area contributed by atoms with Crippen LogP contribution in [0.4, 0.5) is 13.2 Å². The van der Waals surface area contributed by atoms with Gasteiger partial charge in [0.05, 0.1) is 6.10 Å². The van der Waals surface area contributed by atoms with Gasteiger partial charge < -0.3 is 14.8 Å². The maximum atomic E-state index is 12.5. The smallest absolute Gasteiger partial charge is 0.433 e. The molecule has 0 amide bonds. The number of rotatable bonds is 3. The van der Waals surface area contributed by atoms with Gasteiger partial charge in [-0.05, 0) is 13.0 Å². The Hall–Kier alpha value is -1.34. The predicted octanol–water partition coefficient (Wildman–Crippen LogP) is 1.86. The summed E-state index contributed by atoms with van der Waals surface area (Å²) in [6.45, 7) is 3.47. The van der Waals surface area contributed by atoms with Crippen molar-refractivity contribution in [2.75, 3.05) is 19.7 Å². The van der Waals surface area contributed by atoms with E-state index in [0.717, 1.165) is 12.6 Å². The lowest BCUT2D eigenvalue weighted by Gasteiger charge is -2.28. The molecule has 1 aromatic rings. The Morgan fingerprint density at radius 2 is 2.21 bits per heavy atom. The van der Waals surface area contributed by atoms with Crippen LogP contribution in [0.3, 0.4) is 0 Å². The molecule has 0 radical (unpaired) electrons. The van der Waals surface area contributed by atoms with E-state index >= 15 is 0 Å². The second-order valence-corrected chi connectivity index (χ2v) is 4.40. The Morgan fingerprint density at radius 1 is 1.42 bits per heavy atom. The summed E-state index contributed by atoms with van der Waals surface area (Å²) in [6, 6.07) is 3.58. The van der Waals surface area contributed by atoms with E-state index in [1.165, 1.54) is 12.1 Å².